The van der Waals surface area contributed by atoms with Crippen LogP contribution in [0, 0.1) is 11.8 Å². The Morgan fingerprint density at radius 3 is 2.14 bits per heavy atom. The second-order valence-electron chi connectivity index (χ2n) is 4.55. The highest BCUT2D eigenvalue weighted by Gasteiger charge is 2.35. The summed E-state index contributed by atoms with van der Waals surface area (Å²) in [5.74, 6) is -1.75. The van der Waals surface area contributed by atoms with Gasteiger partial charge in [-0.2, -0.15) is 0 Å². The van der Waals surface area contributed by atoms with Crippen LogP contribution in [0.1, 0.15) is 39.5 Å². The molecule has 120 valence electrons. The van der Waals surface area contributed by atoms with Crippen molar-refractivity contribution >= 4 is 23.5 Å². The number of carbonyl (C=O) groups is 2. The molecule has 0 aromatic carbocycles. The molecule has 0 saturated carbocycles. The van der Waals surface area contributed by atoms with E-state index in [1.54, 1.807) is 19.9 Å². The lowest BCUT2D eigenvalue weighted by atomic mass is 9.87. The molecule has 5 heteroatoms. The first-order valence-corrected chi connectivity index (χ1v) is 7.90. The third-order valence-electron chi connectivity index (χ3n) is 3.01. The van der Waals surface area contributed by atoms with E-state index in [0.29, 0.717) is 12.3 Å². The largest absolute Gasteiger partial charge is 0.465 e. The van der Waals surface area contributed by atoms with E-state index in [9.17, 15) is 9.59 Å². The van der Waals surface area contributed by atoms with Gasteiger partial charge in [-0.25, -0.2) is 0 Å². The summed E-state index contributed by atoms with van der Waals surface area (Å²) < 4.78 is 9.99. The summed E-state index contributed by atoms with van der Waals surface area (Å²) in [5, 5.41) is 0. The van der Waals surface area contributed by atoms with Crippen LogP contribution in [0.2, 0.25) is 0 Å². The fourth-order valence-corrected chi connectivity index (χ4v) is 2.25. The minimum absolute atomic E-state index is 0.228. The third-order valence-corrected chi connectivity index (χ3v) is 3.28. The number of halogens is 1. The first-order valence-electron chi connectivity index (χ1n) is 7.37. The molecule has 0 radical (unpaired) electrons. The molecular weight excluding hydrogens is 292 g/mol. The Morgan fingerprint density at radius 2 is 1.71 bits per heavy atom. The molecule has 0 bridgehead atoms. The Balaban J connectivity index is 4.95. The average Bonchev–Trinajstić information content (AvgIpc) is 2.44. The van der Waals surface area contributed by atoms with E-state index in [1.165, 1.54) is 0 Å². The smallest absolute Gasteiger partial charge is 0.320 e. The van der Waals surface area contributed by atoms with Gasteiger partial charge in [0.25, 0.3) is 0 Å². The van der Waals surface area contributed by atoms with Crippen molar-refractivity contribution in [1.82, 2.24) is 0 Å². The molecule has 0 saturated heterocycles. The van der Waals surface area contributed by atoms with Crippen molar-refractivity contribution in [2.45, 2.75) is 39.5 Å². The minimum Gasteiger partial charge on any atom is -0.465 e. The van der Waals surface area contributed by atoms with Gasteiger partial charge in [0.15, 0.2) is 5.92 Å². The topological polar surface area (TPSA) is 52.6 Å². The fourth-order valence-electron chi connectivity index (χ4n) is 2.06. The van der Waals surface area contributed by atoms with Gasteiger partial charge >= 0.3 is 11.9 Å². The van der Waals surface area contributed by atoms with Crippen molar-refractivity contribution in [3.8, 4) is 0 Å². The highest BCUT2D eigenvalue weighted by Crippen LogP contribution is 2.24. The first kappa shape index (κ1) is 19.8. The van der Waals surface area contributed by atoms with Crippen LogP contribution in [0.4, 0.5) is 0 Å². The van der Waals surface area contributed by atoms with Gasteiger partial charge in [-0.3, -0.25) is 9.59 Å². The highest BCUT2D eigenvalue weighted by atomic mass is 35.5. The molecule has 0 spiro atoms. The van der Waals surface area contributed by atoms with Crippen molar-refractivity contribution in [1.29, 1.82) is 0 Å². The lowest BCUT2D eigenvalue weighted by Crippen LogP contribution is -2.33. The van der Waals surface area contributed by atoms with Gasteiger partial charge in [-0.1, -0.05) is 19.4 Å². The van der Waals surface area contributed by atoms with E-state index in [0.717, 1.165) is 19.3 Å². The van der Waals surface area contributed by atoms with E-state index in [-0.39, 0.29) is 19.1 Å². The zero-order valence-electron chi connectivity index (χ0n) is 12.9. The molecule has 0 aromatic heterocycles. The first-order chi connectivity index (χ1) is 10.1. The molecule has 0 heterocycles. The van der Waals surface area contributed by atoms with Crippen LogP contribution < -0.4 is 0 Å². The zero-order valence-corrected chi connectivity index (χ0v) is 13.7. The van der Waals surface area contributed by atoms with Crippen LogP contribution in [-0.4, -0.2) is 31.0 Å². The van der Waals surface area contributed by atoms with Crippen LogP contribution in [0.15, 0.2) is 18.4 Å². The number of hydrogen-bond donors (Lipinski definition) is 0. The van der Waals surface area contributed by atoms with Crippen molar-refractivity contribution in [2.75, 3.05) is 19.1 Å². The summed E-state index contributed by atoms with van der Waals surface area (Å²) >= 11 is 5.65. The van der Waals surface area contributed by atoms with Gasteiger partial charge in [0.2, 0.25) is 0 Å². The lowest BCUT2D eigenvalue weighted by molar-refractivity contribution is -0.163. The van der Waals surface area contributed by atoms with Gasteiger partial charge in [0.1, 0.15) is 0 Å². The van der Waals surface area contributed by atoms with Gasteiger partial charge in [-0.05, 0) is 32.8 Å². The number of rotatable bonds is 11. The number of carbonyl (C=O) groups excluding carboxylic acids is 2. The van der Waals surface area contributed by atoms with Crippen molar-refractivity contribution in [2.24, 2.45) is 11.8 Å². The molecule has 0 unspecified atom stereocenters. The van der Waals surface area contributed by atoms with Gasteiger partial charge in [0.05, 0.1) is 13.2 Å². The quantitative estimate of drug-likeness (QED) is 0.192. The van der Waals surface area contributed by atoms with Gasteiger partial charge in [-0.15, -0.1) is 17.3 Å². The Morgan fingerprint density at radius 1 is 1.14 bits per heavy atom. The highest BCUT2D eigenvalue weighted by molar-refractivity contribution is 6.17. The molecule has 1 atom stereocenters. The Labute approximate surface area is 132 Å². The predicted molar refractivity (Wildman–Crippen MR) is 83.1 cm³/mol. The molecule has 0 aliphatic carbocycles. The van der Waals surface area contributed by atoms with Crippen LogP contribution >= 0.6 is 11.6 Å². The molecule has 21 heavy (non-hydrogen) atoms. The monoisotopic (exact) mass is 316 g/mol. The number of hydrogen-bond acceptors (Lipinski definition) is 4. The van der Waals surface area contributed by atoms with Crippen LogP contribution in [0.3, 0.4) is 0 Å². The molecule has 0 aliphatic rings. The summed E-state index contributed by atoms with van der Waals surface area (Å²) in [7, 11) is 0. The van der Waals surface area contributed by atoms with E-state index in [4.69, 9.17) is 21.1 Å². The van der Waals surface area contributed by atoms with Crippen molar-refractivity contribution in [3.63, 3.8) is 0 Å². The molecule has 0 aromatic rings. The summed E-state index contributed by atoms with van der Waals surface area (Å²) in [6.07, 6.45) is 5.05. The maximum Gasteiger partial charge on any atom is 0.320 e. The van der Waals surface area contributed by atoms with Crippen LogP contribution in [0.25, 0.3) is 0 Å². The summed E-state index contributed by atoms with van der Waals surface area (Å²) in [6.45, 7) is 7.40. The van der Waals surface area contributed by atoms with Gasteiger partial charge < -0.3 is 9.47 Å². The second-order valence-corrected chi connectivity index (χ2v) is 4.93. The van der Waals surface area contributed by atoms with Crippen LogP contribution in [-0.2, 0) is 19.1 Å². The zero-order chi connectivity index (χ0) is 16.1. The molecule has 0 rings (SSSR count). The summed E-state index contributed by atoms with van der Waals surface area (Å²) in [6, 6.07) is 0. The normalized spacial score (nSPS) is 11.6. The Kier molecular flexibility index (Phi) is 11.7. The number of unbranched alkanes of at least 4 members (excludes halogenated alkanes) is 2. The predicted octanol–water partition coefficient (Wildman–Crippen LogP) is 3.49. The van der Waals surface area contributed by atoms with Gasteiger partial charge in [0, 0.05) is 11.8 Å². The molecule has 4 nitrogen and oxygen atoms in total. The van der Waals surface area contributed by atoms with Crippen molar-refractivity contribution in [3.05, 3.63) is 18.4 Å². The maximum absolute atomic E-state index is 12.1. The molecule has 0 aliphatic heterocycles. The van der Waals surface area contributed by atoms with Crippen molar-refractivity contribution < 1.29 is 19.1 Å². The minimum atomic E-state index is -0.949. The van der Waals surface area contributed by atoms with E-state index >= 15 is 0 Å². The number of ether oxygens (including phenoxy) is 2. The average molecular weight is 317 g/mol. The number of esters is 2. The summed E-state index contributed by atoms with van der Waals surface area (Å²) in [5.41, 5.74) is 2.67. The van der Waals surface area contributed by atoms with Crippen LogP contribution in [0.5, 0.6) is 0 Å². The fraction of sp³-hybridized carbons (Fsp3) is 0.688. The molecular formula is C16H25ClO4. The second kappa shape index (κ2) is 12.5. The number of allylic oxidation sites excluding steroid dienone is 1. The molecule has 0 fully saturated rings. The Bertz CT molecular complexity index is 343. The lowest BCUT2D eigenvalue weighted by Gasteiger charge is -2.21. The SMILES string of the molecule is C=C=C[C@H](CCCCCCl)C(C(=O)OCC)C(=O)OCC. The number of alkyl halides is 1. The third kappa shape index (κ3) is 7.93. The molecule has 0 N–H and O–H groups in total. The standard InChI is InChI=1S/C16H25ClO4/c1-4-10-13(11-8-7-9-12-17)14(15(18)20-5-2)16(19)21-6-3/h10,13-14H,1,5-9,11-12H2,2-3H3/t13-/m1/s1. The Hall–Kier alpha value is -1.25. The maximum atomic E-state index is 12.1. The summed E-state index contributed by atoms with van der Waals surface area (Å²) in [4.78, 5) is 24.1. The van der Waals surface area contributed by atoms with E-state index in [1.807, 2.05) is 0 Å². The van der Waals surface area contributed by atoms with E-state index in [2.05, 4.69) is 12.3 Å². The van der Waals surface area contributed by atoms with E-state index < -0.39 is 17.9 Å². The molecule has 0 amide bonds.